The van der Waals surface area contributed by atoms with E-state index in [1.54, 1.807) is 0 Å². The van der Waals surface area contributed by atoms with Crippen molar-refractivity contribution in [3.05, 3.63) is 59.7 Å². The van der Waals surface area contributed by atoms with Gasteiger partial charge in [0.1, 0.15) is 31.3 Å². The molecule has 2 aromatic rings. The largest absolute Gasteiger partial charge is 0.491 e. The molecule has 2 unspecified atom stereocenters. The quantitative estimate of drug-likeness (QED) is 0.318. The van der Waals surface area contributed by atoms with Gasteiger partial charge in [0.2, 0.25) is 0 Å². The van der Waals surface area contributed by atoms with Crippen LogP contribution >= 0.6 is 0 Å². The number of ether oxygens (including phenoxy) is 3. The second kappa shape index (κ2) is 10.6. The summed E-state index contributed by atoms with van der Waals surface area (Å²) in [4.78, 5) is 14.0. The molecule has 0 spiro atoms. The third kappa shape index (κ3) is 6.71. The molecule has 0 saturated carbocycles. The van der Waals surface area contributed by atoms with E-state index in [2.05, 4.69) is 37.8 Å². The van der Waals surface area contributed by atoms with Crippen molar-refractivity contribution in [2.75, 3.05) is 39.5 Å². The highest BCUT2D eigenvalue weighted by Crippen LogP contribution is 2.33. The lowest BCUT2D eigenvalue weighted by Gasteiger charge is -2.26. The van der Waals surface area contributed by atoms with Gasteiger partial charge in [-0.1, -0.05) is 38.1 Å². The highest BCUT2D eigenvalue weighted by Gasteiger charge is 2.28. The Balaban J connectivity index is 1.44. The Morgan fingerprint density at radius 3 is 1.97 bits per heavy atom. The molecule has 2 atom stereocenters. The van der Waals surface area contributed by atoms with Gasteiger partial charge >= 0.3 is 5.97 Å². The summed E-state index contributed by atoms with van der Waals surface area (Å²) >= 11 is 0. The summed E-state index contributed by atoms with van der Waals surface area (Å²) in [6.07, 6.45) is 0.433. The Kier molecular flexibility index (Phi) is 7.93. The number of carbonyl (C=O) groups excluding carboxylic acids is 1. The molecule has 1 aliphatic rings. The van der Waals surface area contributed by atoms with E-state index in [1.165, 1.54) is 11.1 Å². The number of hydrogen-bond donors (Lipinski definition) is 1. The molecule has 1 fully saturated rings. The zero-order chi connectivity index (χ0) is 22.3. The van der Waals surface area contributed by atoms with Crippen molar-refractivity contribution in [1.29, 1.82) is 0 Å². The van der Waals surface area contributed by atoms with Crippen molar-refractivity contribution in [3.63, 3.8) is 0 Å². The molecule has 0 aromatic heterocycles. The molecule has 0 bridgehead atoms. The van der Waals surface area contributed by atoms with Crippen LogP contribution in [0, 0.1) is 0 Å². The number of nitrogens with zero attached hydrogens (tertiary/aromatic N) is 1. The fraction of sp³-hybridized carbons (Fsp3) is 0.480. The normalized spacial score (nSPS) is 17.8. The second-order valence-corrected chi connectivity index (χ2v) is 8.41. The van der Waals surface area contributed by atoms with Gasteiger partial charge in [-0.15, -0.1) is 0 Å². The smallest absolute Gasteiger partial charge is 0.307 e. The minimum Gasteiger partial charge on any atom is -0.491 e. The molecule has 0 amide bonds. The van der Waals surface area contributed by atoms with E-state index < -0.39 is 0 Å². The molecule has 1 aliphatic heterocycles. The standard InChI is InChI=1S/C25H33NO5/c1-19-18-26(19)13-12-24(28)31-17-16-30-23-10-6-21(7-11-23)25(2,3)20-4-8-22(9-5-20)29-15-14-27/h4-11,19,27H,12-18H2,1-3H3. The van der Waals surface area contributed by atoms with Gasteiger partial charge in [0.05, 0.1) is 13.0 Å². The molecule has 3 rings (SSSR count). The van der Waals surface area contributed by atoms with Crippen LogP contribution in [0.3, 0.4) is 0 Å². The van der Waals surface area contributed by atoms with E-state index in [4.69, 9.17) is 19.3 Å². The van der Waals surface area contributed by atoms with Gasteiger partial charge in [-0.2, -0.15) is 0 Å². The summed E-state index contributed by atoms with van der Waals surface area (Å²) in [7, 11) is 0. The molecule has 1 heterocycles. The van der Waals surface area contributed by atoms with Gasteiger partial charge < -0.3 is 19.3 Å². The van der Waals surface area contributed by atoms with E-state index >= 15 is 0 Å². The summed E-state index contributed by atoms with van der Waals surface area (Å²) in [5.41, 5.74) is 2.15. The number of benzene rings is 2. The fourth-order valence-electron chi connectivity index (χ4n) is 3.49. The number of hydrogen-bond acceptors (Lipinski definition) is 6. The first-order valence-electron chi connectivity index (χ1n) is 10.9. The van der Waals surface area contributed by atoms with Crippen LogP contribution in [0.4, 0.5) is 0 Å². The van der Waals surface area contributed by atoms with Crippen molar-refractivity contribution in [2.45, 2.75) is 38.6 Å². The number of carbonyl (C=O) groups is 1. The van der Waals surface area contributed by atoms with E-state index in [-0.39, 0.29) is 24.6 Å². The molecular weight excluding hydrogens is 394 g/mol. The Labute approximate surface area is 184 Å². The highest BCUT2D eigenvalue weighted by molar-refractivity contribution is 5.69. The van der Waals surface area contributed by atoms with Crippen molar-refractivity contribution < 1.29 is 24.1 Å². The van der Waals surface area contributed by atoms with Gasteiger partial charge in [0.25, 0.3) is 0 Å². The summed E-state index contributed by atoms with van der Waals surface area (Å²) in [5, 5.41) is 8.87. The average Bonchev–Trinajstić information content (AvgIpc) is 3.49. The fourth-order valence-corrected chi connectivity index (χ4v) is 3.49. The molecule has 2 aromatic carbocycles. The average molecular weight is 428 g/mol. The van der Waals surface area contributed by atoms with Crippen molar-refractivity contribution in [1.82, 2.24) is 4.90 Å². The number of aliphatic hydroxyl groups excluding tert-OH is 1. The zero-order valence-corrected chi connectivity index (χ0v) is 18.7. The van der Waals surface area contributed by atoms with Gasteiger partial charge in [-0.25, -0.2) is 0 Å². The number of rotatable bonds is 12. The first-order valence-corrected chi connectivity index (χ1v) is 10.9. The van der Waals surface area contributed by atoms with Crippen LogP contribution < -0.4 is 9.47 Å². The van der Waals surface area contributed by atoms with Gasteiger partial charge in [0.15, 0.2) is 0 Å². The molecule has 1 saturated heterocycles. The van der Waals surface area contributed by atoms with Crippen LogP contribution in [0.25, 0.3) is 0 Å². The van der Waals surface area contributed by atoms with E-state index in [0.717, 1.165) is 24.6 Å². The third-order valence-electron chi connectivity index (χ3n) is 5.72. The maximum Gasteiger partial charge on any atom is 0.307 e. The zero-order valence-electron chi connectivity index (χ0n) is 18.7. The van der Waals surface area contributed by atoms with Crippen LogP contribution in [0.2, 0.25) is 0 Å². The molecule has 1 N–H and O–H groups in total. The summed E-state index contributed by atoms with van der Waals surface area (Å²) in [5.74, 6) is 1.33. The van der Waals surface area contributed by atoms with Crippen LogP contribution in [0.15, 0.2) is 48.5 Å². The van der Waals surface area contributed by atoms with Crippen LogP contribution in [0.5, 0.6) is 11.5 Å². The number of aliphatic hydroxyl groups is 1. The Morgan fingerprint density at radius 1 is 0.968 bits per heavy atom. The summed E-state index contributed by atoms with van der Waals surface area (Å²) in [6, 6.07) is 16.6. The lowest BCUT2D eigenvalue weighted by atomic mass is 9.78. The van der Waals surface area contributed by atoms with Crippen molar-refractivity contribution in [2.24, 2.45) is 0 Å². The summed E-state index contributed by atoms with van der Waals surface area (Å²) < 4.78 is 16.4. The van der Waals surface area contributed by atoms with Gasteiger partial charge in [-0.3, -0.25) is 9.69 Å². The monoisotopic (exact) mass is 427 g/mol. The topological polar surface area (TPSA) is 68.0 Å². The predicted octanol–water partition coefficient (Wildman–Crippen LogP) is 3.40. The van der Waals surface area contributed by atoms with Gasteiger partial charge in [-0.05, 0) is 42.3 Å². The molecule has 31 heavy (non-hydrogen) atoms. The molecule has 0 radical (unpaired) electrons. The molecular formula is C25H33NO5. The molecule has 6 nitrogen and oxygen atoms in total. The Bertz CT molecular complexity index is 832. The molecule has 0 aliphatic carbocycles. The number of esters is 1. The van der Waals surface area contributed by atoms with E-state index in [9.17, 15) is 4.79 Å². The molecule has 6 heteroatoms. The van der Waals surface area contributed by atoms with Crippen LogP contribution in [0.1, 0.15) is 38.3 Å². The predicted molar refractivity (Wildman–Crippen MR) is 120 cm³/mol. The van der Waals surface area contributed by atoms with Gasteiger partial charge in [0, 0.05) is 24.5 Å². The van der Waals surface area contributed by atoms with Crippen LogP contribution in [-0.4, -0.2) is 61.5 Å². The van der Waals surface area contributed by atoms with E-state index in [1.807, 2.05) is 36.4 Å². The van der Waals surface area contributed by atoms with Crippen molar-refractivity contribution >= 4 is 5.97 Å². The van der Waals surface area contributed by atoms with E-state index in [0.29, 0.717) is 25.7 Å². The minimum atomic E-state index is -0.182. The first-order chi connectivity index (χ1) is 14.9. The lowest BCUT2D eigenvalue weighted by Crippen LogP contribution is -2.19. The maximum atomic E-state index is 11.7. The third-order valence-corrected chi connectivity index (χ3v) is 5.72. The minimum absolute atomic E-state index is 0.00216. The first kappa shape index (κ1) is 23.1. The Hall–Kier alpha value is -2.57. The maximum absolute atomic E-state index is 11.7. The molecule has 168 valence electrons. The van der Waals surface area contributed by atoms with Crippen LogP contribution in [-0.2, 0) is 14.9 Å². The SMILES string of the molecule is CC1CN1CCC(=O)OCCOc1ccc(C(C)(C)c2ccc(OCCO)cc2)cc1. The second-order valence-electron chi connectivity index (χ2n) is 8.41. The lowest BCUT2D eigenvalue weighted by molar-refractivity contribution is -0.144. The highest BCUT2D eigenvalue weighted by atomic mass is 16.6. The van der Waals surface area contributed by atoms with Crippen molar-refractivity contribution in [3.8, 4) is 11.5 Å². The Morgan fingerprint density at radius 2 is 1.48 bits per heavy atom. The summed E-state index contributed by atoms with van der Waals surface area (Å²) in [6.45, 7) is 9.23.